The third kappa shape index (κ3) is 5.37. The van der Waals surface area contributed by atoms with Gasteiger partial charge in [-0.05, 0) is 42.5 Å². The number of fused-ring (bicyclic) bond motifs is 1. The van der Waals surface area contributed by atoms with Gasteiger partial charge in [-0.2, -0.15) is 23.5 Å². The highest BCUT2D eigenvalue weighted by Gasteiger charge is 2.33. The summed E-state index contributed by atoms with van der Waals surface area (Å²) in [5, 5.41) is 13.8. The van der Waals surface area contributed by atoms with E-state index >= 15 is 0 Å². The Balaban J connectivity index is 0.00000336. The van der Waals surface area contributed by atoms with Crippen molar-refractivity contribution in [1.82, 2.24) is 14.7 Å². The molecule has 2 aliphatic heterocycles. The van der Waals surface area contributed by atoms with Crippen LogP contribution in [0.4, 0.5) is 29.1 Å². The van der Waals surface area contributed by atoms with Gasteiger partial charge >= 0.3 is 6.18 Å². The highest BCUT2D eigenvalue weighted by atomic mass is 35.5. The number of nitrogens with zero attached hydrogens (tertiary/aromatic N) is 6. The zero-order valence-electron chi connectivity index (χ0n) is 20.0. The number of nitriles is 1. The zero-order chi connectivity index (χ0) is 26.2. The Bertz CT molecular complexity index is 1390. The van der Waals surface area contributed by atoms with Crippen LogP contribution in [-0.4, -0.2) is 59.9 Å². The summed E-state index contributed by atoms with van der Waals surface area (Å²) in [7, 11) is 0. The number of carbonyl (C=O) groups excluding carboxylic acids is 1. The van der Waals surface area contributed by atoms with Crippen molar-refractivity contribution in [2.75, 3.05) is 49.1 Å². The summed E-state index contributed by atoms with van der Waals surface area (Å²) in [6, 6.07) is 13.2. The zero-order valence-corrected chi connectivity index (χ0v) is 20.8. The van der Waals surface area contributed by atoms with E-state index < -0.39 is 11.7 Å². The predicted octanol–water partition coefficient (Wildman–Crippen LogP) is 4.39. The molecule has 5 rings (SSSR count). The number of hydrogen-bond acceptors (Lipinski definition) is 5. The monoisotopic (exact) mass is 546 g/mol. The molecule has 1 aromatic heterocycles. The van der Waals surface area contributed by atoms with Crippen LogP contribution in [0, 0.1) is 17.1 Å². The van der Waals surface area contributed by atoms with E-state index in [1.54, 1.807) is 18.2 Å². The average Bonchev–Trinajstić information content (AvgIpc) is 3.33. The molecular formula is C26H23ClF4N6O. The van der Waals surface area contributed by atoms with Crippen LogP contribution in [0.5, 0.6) is 0 Å². The number of benzene rings is 2. The van der Waals surface area contributed by atoms with Crippen molar-refractivity contribution in [1.29, 1.82) is 5.26 Å². The van der Waals surface area contributed by atoms with Crippen LogP contribution in [0.25, 0.3) is 5.70 Å². The lowest BCUT2D eigenvalue weighted by atomic mass is 10.1. The van der Waals surface area contributed by atoms with Gasteiger partial charge in [0.1, 0.15) is 17.4 Å². The molecule has 0 bridgehead atoms. The number of halogens is 5. The molecule has 0 atom stereocenters. The van der Waals surface area contributed by atoms with Gasteiger partial charge in [-0.15, -0.1) is 12.4 Å². The fourth-order valence-electron chi connectivity index (χ4n) is 4.62. The van der Waals surface area contributed by atoms with Gasteiger partial charge in [-0.3, -0.25) is 14.6 Å². The van der Waals surface area contributed by atoms with Crippen LogP contribution in [-0.2, 0) is 11.0 Å². The molecule has 7 nitrogen and oxygen atoms in total. The van der Waals surface area contributed by atoms with E-state index in [-0.39, 0.29) is 54.2 Å². The molecule has 0 unspecified atom stereocenters. The Labute approximate surface area is 222 Å². The highest BCUT2D eigenvalue weighted by Crippen LogP contribution is 2.34. The van der Waals surface area contributed by atoms with E-state index in [4.69, 9.17) is 0 Å². The Kier molecular flexibility index (Phi) is 7.76. The molecule has 38 heavy (non-hydrogen) atoms. The van der Waals surface area contributed by atoms with Crippen molar-refractivity contribution in [3.63, 3.8) is 0 Å². The lowest BCUT2D eigenvalue weighted by Crippen LogP contribution is -2.51. The molecule has 198 valence electrons. The second kappa shape index (κ2) is 10.8. The first kappa shape index (κ1) is 27.2. The predicted molar refractivity (Wildman–Crippen MR) is 136 cm³/mol. The van der Waals surface area contributed by atoms with Crippen molar-refractivity contribution in [3.05, 3.63) is 83.3 Å². The van der Waals surface area contributed by atoms with Crippen molar-refractivity contribution in [2.24, 2.45) is 0 Å². The molecule has 1 fully saturated rings. The molecule has 3 heterocycles. The number of hydrogen-bond donors (Lipinski definition) is 0. The van der Waals surface area contributed by atoms with Crippen molar-refractivity contribution in [2.45, 2.75) is 6.18 Å². The SMILES string of the molecule is Cl.N#Cc1cnn2c1N(C(=O)CN1CCN(c3ccc(F)cc3)CC1)CC=C2c1cccc(C(F)(F)F)c1. The fraction of sp³-hybridized carbons (Fsp3) is 0.269. The topological polar surface area (TPSA) is 68.4 Å². The molecular weight excluding hydrogens is 524 g/mol. The third-order valence-corrected chi connectivity index (χ3v) is 6.52. The minimum atomic E-state index is -4.50. The maximum atomic E-state index is 13.3. The van der Waals surface area contributed by atoms with Crippen LogP contribution in [0.15, 0.2) is 60.8 Å². The average molecular weight is 547 g/mol. The summed E-state index contributed by atoms with van der Waals surface area (Å²) in [5.74, 6) is -0.295. The van der Waals surface area contributed by atoms with Gasteiger partial charge in [0, 0.05) is 44.0 Å². The lowest BCUT2D eigenvalue weighted by molar-refractivity contribution is -0.137. The van der Waals surface area contributed by atoms with Crippen LogP contribution >= 0.6 is 12.4 Å². The molecule has 0 N–H and O–H groups in total. The van der Waals surface area contributed by atoms with Crippen molar-refractivity contribution < 1.29 is 22.4 Å². The molecule has 2 aliphatic rings. The van der Waals surface area contributed by atoms with Crippen LogP contribution in [0.2, 0.25) is 0 Å². The van der Waals surface area contributed by atoms with Crippen LogP contribution in [0.3, 0.4) is 0 Å². The molecule has 2 aromatic carbocycles. The third-order valence-electron chi connectivity index (χ3n) is 6.52. The van der Waals surface area contributed by atoms with Crippen molar-refractivity contribution in [3.8, 4) is 6.07 Å². The Morgan fingerprint density at radius 3 is 2.42 bits per heavy atom. The second-order valence-electron chi connectivity index (χ2n) is 8.82. The Morgan fingerprint density at radius 2 is 1.76 bits per heavy atom. The smallest absolute Gasteiger partial charge is 0.369 e. The van der Waals surface area contributed by atoms with Crippen LogP contribution in [0.1, 0.15) is 16.7 Å². The summed E-state index contributed by atoms with van der Waals surface area (Å²) in [6.07, 6.45) is -1.55. The molecule has 0 aliphatic carbocycles. The molecule has 3 aromatic rings. The lowest BCUT2D eigenvalue weighted by Gasteiger charge is -2.37. The molecule has 0 radical (unpaired) electrons. The number of anilines is 2. The van der Waals surface area contributed by atoms with E-state index in [2.05, 4.69) is 10.00 Å². The normalized spacial score (nSPS) is 15.8. The summed E-state index contributed by atoms with van der Waals surface area (Å²) in [6.45, 7) is 2.78. The standard InChI is InChI=1S/C26H22F4N6O.ClH/c27-21-4-6-22(7-5-21)34-12-10-33(11-13-34)17-24(37)35-9-8-23(36-25(35)19(15-31)16-32-36)18-2-1-3-20(14-18)26(28,29)30;/h1-8,14,16H,9-13,17H2;1H. The maximum Gasteiger partial charge on any atom is 0.416 e. The molecule has 0 saturated carbocycles. The Hall–Kier alpha value is -3.88. The van der Waals surface area contributed by atoms with Gasteiger partial charge in [0.15, 0.2) is 5.82 Å². The van der Waals surface area contributed by atoms with Gasteiger partial charge in [0.2, 0.25) is 5.91 Å². The minimum absolute atomic E-state index is 0. The molecule has 12 heteroatoms. The van der Waals surface area contributed by atoms with Crippen LogP contribution < -0.4 is 9.80 Å². The van der Waals surface area contributed by atoms with Crippen molar-refractivity contribution >= 4 is 35.5 Å². The first-order chi connectivity index (χ1) is 17.7. The largest absolute Gasteiger partial charge is 0.416 e. The number of carbonyl (C=O) groups is 1. The van der Waals surface area contributed by atoms with E-state index in [0.717, 1.165) is 17.8 Å². The number of aromatic nitrogens is 2. The number of alkyl halides is 3. The van der Waals surface area contributed by atoms with E-state index in [1.165, 1.54) is 40.0 Å². The Morgan fingerprint density at radius 1 is 1.05 bits per heavy atom. The van der Waals surface area contributed by atoms with Gasteiger partial charge in [-0.25, -0.2) is 9.07 Å². The summed E-state index contributed by atoms with van der Waals surface area (Å²) in [4.78, 5) is 18.9. The van der Waals surface area contributed by atoms with Gasteiger partial charge in [-0.1, -0.05) is 12.1 Å². The minimum Gasteiger partial charge on any atom is -0.369 e. The maximum absolute atomic E-state index is 13.3. The summed E-state index contributed by atoms with van der Waals surface area (Å²) >= 11 is 0. The van der Waals surface area contributed by atoms with Gasteiger partial charge < -0.3 is 4.90 Å². The number of piperazine rings is 1. The quantitative estimate of drug-likeness (QED) is 0.454. The van der Waals surface area contributed by atoms with Gasteiger partial charge in [0.25, 0.3) is 0 Å². The summed E-state index contributed by atoms with van der Waals surface area (Å²) < 4.78 is 54.3. The first-order valence-electron chi connectivity index (χ1n) is 11.6. The second-order valence-corrected chi connectivity index (χ2v) is 8.82. The number of amides is 1. The fourth-order valence-corrected chi connectivity index (χ4v) is 4.62. The van der Waals surface area contributed by atoms with E-state index in [9.17, 15) is 27.6 Å². The first-order valence-corrected chi connectivity index (χ1v) is 11.6. The van der Waals surface area contributed by atoms with E-state index in [0.29, 0.717) is 31.9 Å². The molecule has 1 amide bonds. The highest BCUT2D eigenvalue weighted by molar-refractivity contribution is 5.97. The molecule has 1 saturated heterocycles. The van der Waals surface area contributed by atoms with Gasteiger partial charge in [0.05, 0.1) is 24.0 Å². The number of rotatable bonds is 4. The molecule has 0 spiro atoms. The summed E-state index contributed by atoms with van der Waals surface area (Å²) in [5.41, 5.74) is 0.941. The van der Waals surface area contributed by atoms with E-state index in [1.807, 2.05) is 11.0 Å².